The van der Waals surface area contributed by atoms with Crippen LogP contribution < -0.4 is 10.9 Å². The lowest BCUT2D eigenvalue weighted by Gasteiger charge is -2.18. The largest absolute Gasteiger partial charge is 0.379 e. The average Bonchev–Trinajstić information content (AvgIpc) is 2.22. The van der Waals surface area contributed by atoms with Gasteiger partial charge in [-0.15, -0.1) is 0 Å². The van der Waals surface area contributed by atoms with Gasteiger partial charge in [0.15, 0.2) is 0 Å². The summed E-state index contributed by atoms with van der Waals surface area (Å²) in [6.07, 6.45) is 1.06. The number of hydrogen-bond donors (Lipinski definition) is 2. The number of hydrogen-bond acceptors (Lipinski definition) is 5. The minimum Gasteiger partial charge on any atom is -0.379 e. The highest BCUT2D eigenvalue weighted by molar-refractivity contribution is 4.40. The van der Waals surface area contributed by atoms with Gasteiger partial charge in [-0.2, -0.15) is 5.12 Å². The van der Waals surface area contributed by atoms with Crippen LogP contribution in [0, 0.1) is 0 Å². The van der Waals surface area contributed by atoms with Crippen LogP contribution in [-0.4, -0.2) is 52.2 Å². The molecule has 0 heterocycles. The molecule has 0 aliphatic heterocycles. The first kappa shape index (κ1) is 13.8. The van der Waals surface area contributed by atoms with Gasteiger partial charge in [0.05, 0.1) is 26.4 Å². The third-order valence-corrected chi connectivity index (χ3v) is 1.72. The highest BCUT2D eigenvalue weighted by Gasteiger charge is 1.96. The van der Waals surface area contributed by atoms with Crippen LogP contribution in [-0.2, 0) is 9.47 Å². The van der Waals surface area contributed by atoms with Crippen LogP contribution in [0.5, 0.6) is 0 Å². The molecule has 0 rings (SSSR count). The Morgan fingerprint density at radius 1 is 0.929 bits per heavy atom. The molecule has 0 unspecified atom stereocenters. The van der Waals surface area contributed by atoms with E-state index in [2.05, 4.69) is 17.8 Å². The molecule has 0 aromatic carbocycles. The van der Waals surface area contributed by atoms with Crippen LogP contribution in [0.4, 0.5) is 0 Å². The lowest BCUT2D eigenvalue weighted by atomic mass is 10.5. The molecule has 14 heavy (non-hydrogen) atoms. The molecule has 0 aliphatic rings. The van der Waals surface area contributed by atoms with Crippen molar-refractivity contribution in [2.45, 2.75) is 13.3 Å². The second-order valence-corrected chi connectivity index (χ2v) is 2.82. The third-order valence-electron chi connectivity index (χ3n) is 1.72. The van der Waals surface area contributed by atoms with Crippen molar-refractivity contribution in [2.24, 2.45) is 0 Å². The molecule has 0 saturated heterocycles. The van der Waals surface area contributed by atoms with E-state index in [1.54, 1.807) is 0 Å². The van der Waals surface area contributed by atoms with E-state index in [9.17, 15) is 0 Å². The predicted octanol–water partition coefficient (Wildman–Crippen LogP) is 0.000400. The fourth-order valence-corrected chi connectivity index (χ4v) is 0.958. The molecule has 5 heteroatoms. The molecule has 0 bridgehead atoms. The Kier molecular flexibility index (Phi) is 10.7. The number of nitrogens with zero attached hydrogens (tertiary/aromatic N) is 1. The molecule has 0 radical (unpaired) electrons. The lowest BCUT2D eigenvalue weighted by molar-refractivity contribution is 0.0249. The second kappa shape index (κ2) is 10.9. The highest BCUT2D eigenvalue weighted by Crippen LogP contribution is 1.82. The van der Waals surface area contributed by atoms with Crippen molar-refractivity contribution in [2.75, 3.05) is 47.1 Å². The van der Waals surface area contributed by atoms with Gasteiger partial charge in [0.2, 0.25) is 0 Å². The maximum Gasteiger partial charge on any atom is 0.0701 e. The molecule has 5 nitrogen and oxygen atoms in total. The smallest absolute Gasteiger partial charge is 0.0701 e. The standard InChI is InChI=1S/C9H23N3O2/c1-4-6-13-8-9-14-7-5-12(10-2)11-3/h10-11H,4-9H2,1-3H3. The minimum atomic E-state index is 0.668. The summed E-state index contributed by atoms with van der Waals surface area (Å²) in [5.74, 6) is 0. The Morgan fingerprint density at radius 3 is 2.00 bits per heavy atom. The van der Waals surface area contributed by atoms with Gasteiger partial charge in [-0.25, -0.2) is 10.9 Å². The van der Waals surface area contributed by atoms with Crippen molar-refractivity contribution >= 4 is 0 Å². The summed E-state index contributed by atoms with van der Waals surface area (Å²) in [5, 5.41) is 1.85. The van der Waals surface area contributed by atoms with Crippen LogP contribution in [0.15, 0.2) is 0 Å². The number of ether oxygens (including phenoxy) is 2. The molecule has 86 valence electrons. The van der Waals surface area contributed by atoms with E-state index in [1.165, 1.54) is 0 Å². The molecule has 0 atom stereocenters. The number of rotatable bonds is 10. The van der Waals surface area contributed by atoms with Crippen LogP contribution in [0.3, 0.4) is 0 Å². The molecular weight excluding hydrogens is 182 g/mol. The molecule has 0 aromatic heterocycles. The van der Waals surface area contributed by atoms with Gasteiger partial charge in [-0.05, 0) is 6.42 Å². The van der Waals surface area contributed by atoms with Crippen LogP contribution >= 0.6 is 0 Å². The SMILES string of the molecule is CCCOCCOCCN(NC)NC. The maximum atomic E-state index is 5.37. The van der Waals surface area contributed by atoms with E-state index in [1.807, 2.05) is 19.2 Å². The van der Waals surface area contributed by atoms with Crippen molar-refractivity contribution in [3.63, 3.8) is 0 Å². The first-order valence-corrected chi connectivity index (χ1v) is 5.13. The number of nitrogens with one attached hydrogen (secondary N) is 2. The molecular formula is C9H23N3O2. The average molecular weight is 205 g/mol. The predicted molar refractivity (Wildman–Crippen MR) is 56.8 cm³/mol. The molecule has 0 aliphatic carbocycles. The molecule has 2 N–H and O–H groups in total. The van der Waals surface area contributed by atoms with E-state index in [0.717, 1.165) is 19.6 Å². The Balaban J connectivity index is 3.04. The van der Waals surface area contributed by atoms with E-state index in [-0.39, 0.29) is 0 Å². The summed E-state index contributed by atoms with van der Waals surface area (Å²) in [6, 6.07) is 0. The zero-order valence-corrected chi connectivity index (χ0v) is 9.51. The molecule has 0 aromatic rings. The first-order chi connectivity index (χ1) is 6.85. The maximum absolute atomic E-state index is 5.37. The van der Waals surface area contributed by atoms with Crippen LogP contribution in [0.25, 0.3) is 0 Å². The lowest BCUT2D eigenvalue weighted by Crippen LogP contribution is -2.45. The fourth-order valence-electron chi connectivity index (χ4n) is 0.958. The molecule has 0 fully saturated rings. The zero-order chi connectivity index (χ0) is 10.6. The van der Waals surface area contributed by atoms with Gasteiger partial charge in [0, 0.05) is 20.7 Å². The quantitative estimate of drug-likeness (QED) is 0.388. The van der Waals surface area contributed by atoms with Gasteiger partial charge >= 0.3 is 0 Å². The Bertz CT molecular complexity index is 110. The van der Waals surface area contributed by atoms with E-state index >= 15 is 0 Å². The summed E-state index contributed by atoms with van der Waals surface area (Å²) in [7, 11) is 3.72. The van der Waals surface area contributed by atoms with Crippen molar-refractivity contribution in [1.29, 1.82) is 0 Å². The fraction of sp³-hybridized carbons (Fsp3) is 1.00. The van der Waals surface area contributed by atoms with Crippen molar-refractivity contribution in [3.05, 3.63) is 0 Å². The number of hydrazine groups is 2. The van der Waals surface area contributed by atoms with Crippen LogP contribution in [0.2, 0.25) is 0 Å². The Labute approximate surface area is 86.7 Å². The van der Waals surface area contributed by atoms with Gasteiger partial charge < -0.3 is 9.47 Å². The van der Waals surface area contributed by atoms with Crippen LogP contribution in [0.1, 0.15) is 13.3 Å². The van der Waals surface area contributed by atoms with E-state index in [0.29, 0.717) is 19.8 Å². The topological polar surface area (TPSA) is 45.8 Å². The van der Waals surface area contributed by atoms with Gasteiger partial charge in [-0.1, -0.05) is 6.92 Å². The highest BCUT2D eigenvalue weighted by atomic mass is 16.5. The summed E-state index contributed by atoms with van der Waals surface area (Å²) in [5.41, 5.74) is 5.95. The molecule has 0 amide bonds. The Hall–Kier alpha value is -0.200. The van der Waals surface area contributed by atoms with Gasteiger partial charge in [0.1, 0.15) is 0 Å². The summed E-state index contributed by atoms with van der Waals surface area (Å²) in [4.78, 5) is 0. The monoisotopic (exact) mass is 205 g/mol. The van der Waals surface area contributed by atoms with E-state index < -0.39 is 0 Å². The van der Waals surface area contributed by atoms with Crippen molar-refractivity contribution in [1.82, 2.24) is 16.0 Å². The van der Waals surface area contributed by atoms with Crippen molar-refractivity contribution < 1.29 is 9.47 Å². The first-order valence-electron chi connectivity index (χ1n) is 5.13. The minimum absolute atomic E-state index is 0.668. The Morgan fingerprint density at radius 2 is 1.50 bits per heavy atom. The van der Waals surface area contributed by atoms with Gasteiger partial charge in [0.25, 0.3) is 0 Å². The second-order valence-electron chi connectivity index (χ2n) is 2.82. The normalized spacial score (nSPS) is 11.1. The van der Waals surface area contributed by atoms with Gasteiger partial charge in [-0.3, -0.25) is 0 Å². The van der Waals surface area contributed by atoms with Crippen molar-refractivity contribution in [3.8, 4) is 0 Å². The summed E-state index contributed by atoms with van der Waals surface area (Å²) < 4.78 is 10.6. The summed E-state index contributed by atoms with van der Waals surface area (Å²) >= 11 is 0. The molecule has 0 spiro atoms. The third kappa shape index (κ3) is 8.40. The summed E-state index contributed by atoms with van der Waals surface area (Å²) in [6.45, 7) is 5.77. The zero-order valence-electron chi connectivity index (χ0n) is 9.51. The van der Waals surface area contributed by atoms with E-state index in [4.69, 9.17) is 9.47 Å². The molecule has 0 saturated carbocycles.